The summed E-state index contributed by atoms with van der Waals surface area (Å²) in [5.74, 6) is -0.113. The monoisotopic (exact) mass is 463 g/mol. The van der Waals surface area contributed by atoms with Crippen LogP contribution >= 0.6 is 15.9 Å². The van der Waals surface area contributed by atoms with Crippen molar-refractivity contribution in [2.24, 2.45) is 4.99 Å². The molecule has 1 heterocycles. The predicted molar refractivity (Wildman–Crippen MR) is 120 cm³/mol. The molecule has 0 bridgehead atoms. The molecule has 6 nitrogen and oxygen atoms in total. The predicted octanol–water partition coefficient (Wildman–Crippen LogP) is 5.98. The fraction of sp³-hybridized carbons (Fsp3) is 0.130. The molecule has 1 aliphatic heterocycles. The molecule has 0 fully saturated rings. The highest BCUT2D eigenvalue weighted by molar-refractivity contribution is 9.10. The lowest BCUT2D eigenvalue weighted by atomic mass is 9.95. The third-order valence-corrected chi connectivity index (χ3v) is 5.63. The molecule has 3 aromatic rings. The van der Waals surface area contributed by atoms with Crippen LogP contribution in [0.25, 0.3) is 0 Å². The number of benzene rings is 3. The van der Waals surface area contributed by atoms with Gasteiger partial charge in [-0.3, -0.25) is 19.9 Å². The van der Waals surface area contributed by atoms with Crippen LogP contribution in [0.1, 0.15) is 30.5 Å². The number of aliphatic imine (C=N–C) groups is 1. The number of hydrogen-bond donors (Lipinski definition) is 0. The molecular weight excluding hydrogens is 446 g/mol. The number of carbonyl (C=O) groups is 1. The number of carbonyl (C=O) groups excluding carboxylic acids is 1. The molecule has 1 unspecified atom stereocenters. The second kappa shape index (κ2) is 8.20. The first-order chi connectivity index (χ1) is 14.4. The van der Waals surface area contributed by atoms with Gasteiger partial charge in [0.05, 0.1) is 28.1 Å². The third-order valence-electron chi connectivity index (χ3n) is 5.10. The lowest BCUT2D eigenvalue weighted by Crippen LogP contribution is -2.33. The van der Waals surface area contributed by atoms with Crippen LogP contribution in [0.3, 0.4) is 0 Å². The normalized spacial score (nSPS) is 15.7. The Kier molecular flexibility index (Phi) is 5.46. The lowest BCUT2D eigenvalue weighted by Gasteiger charge is -2.30. The van der Waals surface area contributed by atoms with E-state index in [-0.39, 0.29) is 17.6 Å². The average Bonchev–Trinajstić information content (AvgIpc) is 2.91. The molecule has 0 spiro atoms. The summed E-state index contributed by atoms with van der Waals surface area (Å²) in [4.78, 5) is 30.0. The molecular formula is C23H18BrN3O3. The van der Waals surface area contributed by atoms with E-state index in [4.69, 9.17) is 4.99 Å². The van der Waals surface area contributed by atoms with Crippen LogP contribution in [0.15, 0.2) is 82.3 Å². The first kappa shape index (κ1) is 20.0. The van der Waals surface area contributed by atoms with E-state index in [2.05, 4.69) is 15.9 Å². The molecule has 1 amide bonds. The van der Waals surface area contributed by atoms with E-state index < -0.39 is 4.92 Å². The van der Waals surface area contributed by atoms with Crippen LogP contribution in [0.2, 0.25) is 0 Å². The second-order valence-electron chi connectivity index (χ2n) is 7.01. The van der Waals surface area contributed by atoms with Crippen LogP contribution in [0.4, 0.5) is 17.1 Å². The van der Waals surface area contributed by atoms with Gasteiger partial charge in [0.1, 0.15) is 0 Å². The molecule has 1 atom stereocenters. The number of halogens is 1. The number of anilines is 1. The highest BCUT2D eigenvalue weighted by atomic mass is 79.9. The number of fused-ring (bicyclic) bond motifs is 1. The van der Waals surface area contributed by atoms with Crippen molar-refractivity contribution in [2.75, 3.05) is 4.90 Å². The Hall–Kier alpha value is -3.32. The molecule has 4 rings (SSSR count). The van der Waals surface area contributed by atoms with Gasteiger partial charge in [0.2, 0.25) is 5.91 Å². The molecule has 3 aromatic carbocycles. The summed E-state index contributed by atoms with van der Waals surface area (Å²) in [6.45, 7) is 1.53. The van der Waals surface area contributed by atoms with E-state index in [1.54, 1.807) is 17.0 Å². The Labute approximate surface area is 182 Å². The molecule has 0 aromatic heterocycles. The van der Waals surface area contributed by atoms with Crippen LogP contribution in [-0.4, -0.2) is 16.5 Å². The van der Waals surface area contributed by atoms with Gasteiger partial charge >= 0.3 is 0 Å². The van der Waals surface area contributed by atoms with Crippen LogP contribution in [-0.2, 0) is 4.79 Å². The maximum Gasteiger partial charge on any atom is 0.269 e. The van der Waals surface area contributed by atoms with Crippen molar-refractivity contribution >= 4 is 44.6 Å². The van der Waals surface area contributed by atoms with Gasteiger partial charge in [-0.25, -0.2) is 0 Å². The van der Waals surface area contributed by atoms with Gasteiger partial charge in [0, 0.05) is 30.0 Å². The number of rotatable bonds is 3. The second-order valence-corrected chi connectivity index (χ2v) is 7.93. The van der Waals surface area contributed by atoms with E-state index >= 15 is 0 Å². The Morgan fingerprint density at radius 3 is 2.37 bits per heavy atom. The van der Waals surface area contributed by atoms with Crippen molar-refractivity contribution in [3.8, 4) is 0 Å². The minimum Gasteiger partial charge on any atom is -0.303 e. The zero-order chi connectivity index (χ0) is 21.3. The van der Waals surface area contributed by atoms with Gasteiger partial charge in [-0.15, -0.1) is 0 Å². The quantitative estimate of drug-likeness (QED) is 0.354. The molecule has 150 valence electrons. The molecule has 0 radical (unpaired) electrons. The molecule has 30 heavy (non-hydrogen) atoms. The standard InChI is InChI=1S/C23H18BrN3O3/c1-15(28)26-22-5-3-2-4-20(22)25-21(16-6-10-18(24)11-7-16)14-23(26)17-8-12-19(13-9-17)27(29)30/h2-13,23H,14H2,1H3. The van der Waals surface area contributed by atoms with Gasteiger partial charge < -0.3 is 4.90 Å². The number of nitro groups is 1. The first-order valence-corrected chi connectivity index (χ1v) is 10.2. The fourth-order valence-electron chi connectivity index (χ4n) is 3.69. The Bertz CT molecular complexity index is 1140. The first-order valence-electron chi connectivity index (χ1n) is 9.41. The van der Waals surface area contributed by atoms with E-state index in [1.165, 1.54) is 19.1 Å². The molecule has 0 saturated carbocycles. The summed E-state index contributed by atoms with van der Waals surface area (Å²) in [6, 6.07) is 21.5. The zero-order valence-electron chi connectivity index (χ0n) is 16.2. The van der Waals surface area contributed by atoms with E-state index in [9.17, 15) is 14.9 Å². The van der Waals surface area contributed by atoms with Gasteiger partial charge in [-0.05, 0) is 35.4 Å². The van der Waals surface area contributed by atoms with Crippen molar-refractivity contribution in [3.05, 3.63) is 98.5 Å². The van der Waals surface area contributed by atoms with Gasteiger partial charge in [-0.1, -0.05) is 52.3 Å². The zero-order valence-corrected chi connectivity index (χ0v) is 17.7. The number of para-hydroxylation sites is 2. The van der Waals surface area contributed by atoms with Crippen molar-refractivity contribution in [2.45, 2.75) is 19.4 Å². The number of nitrogens with zero attached hydrogens (tertiary/aromatic N) is 3. The number of nitro benzene ring substituents is 1. The highest BCUT2D eigenvalue weighted by Crippen LogP contribution is 2.41. The van der Waals surface area contributed by atoms with Crippen molar-refractivity contribution in [3.63, 3.8) is 0 Å². The topological polar surface area (TPSA) is 75.8 Å². The Morgan fingerprint density at radius 2 is 1.73 bits per heavy atom. The molecule has 0 aliphatic carbocycles. The largest absolute Gasteiger partial charge is 0.303 e. The van der Waals surface area contributed by atoms with Crippen molar-refractivity contribution < 1.29 is 9.72 Å². The molecule has 1 aliphatic rings. The van der Waals surface area contributed by atoms with Gasteiger partial charge in [0.25, 0.3) is 5.69 Å². The lowest BCUT2D eigenvalue weighted by molar-refractivity contribution is -0.384. The summed E-state index contributed by atoms with van der Waals surface area (Å²) in [7, 11) is 0. The van der Waals surface area contributed by atoms with E-state index in [1.807, 2.05) is 48.5 Å². The Morgan fingerprint density at radius 1 is 1.07 bits per heavy atom. The SMILES string of the molecule is CC(=O)N1c2ccccc2N=C(c2ccc(Br)cc2)CC1c1ccc([N+](=O)[O-])cc1. The fourth-order valence-corrected chi connectivity index (χ4v) is 3.96. The van der Waals surface area contributed by atoms with Crippen LogP contribution < -0.4 is 4.90 Å². The Balaban J connectivity index is 1.86. The number of non-ortho nitro benzene ring substituents is 1. The molecule has 0 saturated heterocycles. The smallest absolute Gasteiger partial charge is 0.269 e. The minimum absolute atomic E-state index is 0.0175. The van der Waals surface area contributed by atoms with Crippen molar-refractivity contribution in [1.82, 2.24) is 0 Å². The molecule has 0 N–H and O–H groups in total. The molecule has 7 heteroatoms. The third kappa shape index (κ3) is 3.89. The summed E-state index contributed by atoms with van der Waals surface area (Å²) in [5, 5.41) is 11.1. The summed E-state index contributed by atoms with van der Waals surface area (Å²) in [6.07, 6.45) is 0.480. The summed E-state index contributed by atoms with van der Waals surface area (Å²) < 4.78 is 0.971. The number of amides is 1. The van der Waals surface area contributed by atoms with Crippen LogP contribution in [0.5, 0.6) is 0 Å². The minimum atomic E-state index is -0.427. The van der Waals surface area contributed by atoms with Crippen molar-refractivity contribution in [1.29, 1.82) is 0 Å². The number of hydrogen-bond acceptors (Lipinski definition) is 4. The van der Waals surface area contributed by atoms with Crippen LogP contribution in [0, 0.1) is 10.1 Å². The van der Waals surface area contributed by atoms with E-state index in [0.717, 1.165) is 32.7 Å². The maximum absolute atomic E-state index is 12.7. The van der Waals surface area contributed by atoms with Gasteiger partial charge in [-0.2, -0.15) is 0 Å². The maximum atomic E-state index is 12.7. The average molecular weight is 464 g/mol. The summed E-state index contributed by atoms with van der Waals surface area (Å²) in [5.41, 5.74) is 4.09. The van der Waals surface area contributed by atoms with Gasteiger partial charge in [0.15, 0.2) is 0 Å². The highest BCUT2D eigenvalue weighted by Gasteiger charge is 2.31. The summed E-state index contributed by atoms with van der Waals surface area (Å²) >= 11 is 3.46. The van der Waals surface area contributed by atoms with E-state index in [0.29, 0.717) is 6.42 Å².